The quantitative estimate of drug-likeness (QED) is 0.413. The Bertz CT molecular complexity index is 207. The van der Waals surface area contributed by atoms with E-state index in [1.807, 2.05) is 7.98 Å². The third kappa shape index (κ3) is 1.90. The Morgan fingerprint density at radius 1 is 1.30 bits per heavy atom. The zero-order valence-electron chi connectivity index (χ0n) is 6.13. The van der Waals surface area contributed by atoms with Gasteiger partial charge in [0.05, 0.1) is 0 Å². The molecule has 0 saturated heterocycles. The first-order valence-electron chi connectivity index (χ1n) is 3.16. The standard InChI is InChI=1S/C7H9BIN/c1-6-2-4-7(5-3-6)10(8)9/h2-5H,8H2,1H3. The molecular weight excluding hydrogens is 236 g/mol. The highest BCUT2D eigenvalue weighted by molar-refractivity contribution is 14.1. The highest BCUT2D eigenvalue weighted by Crippen LogP contribution is 2.15. The molecule has 0 aliphatic carbocycles. The van der Waals surface area contributed by atoms with E-state index < -0.39 is 0 Å². The van der Waals surface area contributed by atoms with Crippen LogP contribution in [0.25, 0.3) is 0 Å². The lowest BCUT2D eigenvalue weighted by Gasteiger charge is -2.09. The fourth-order valence-corrected chi connectivity index (χ4v) is 1.07. The first kappa shape index (κ1) is 7.92. The van der Waals surface area contributed by atoms with Gasteiger partial charge in [0, 0.05) is 28.6 Å². The number of hydrogen-bond acceptors (Lipinski definition) is 1. The number of anilines is 1. The van der Waals surface area contributed by atoms with Crippen LogP contribution in [0.4, 0.5) is 5.69 Å². The molecule has 0 heterocycles. The van der Waals surface area contributed by atoms with Crippen LogP contribution in [-0.4, -0.2) is 7.98 Å². The molecule has 0 amide bonds. The molecule has 1 aromatic rings. The molecule has 52 valence electrons. The summed E-state index contributed by atoms with van der Waals surface area (Å²) in [5.41, 5.74) is 2.55. The Morgan fingerprint density at radius 3 is 2.20 bits per heavy atom. The Balaban J connectivity index is 2.89. The second-order valence-electron chi connectivity index (χ2n) is 2.31. The minimum Gasteiger partial charge on any atom is -0.367 e. The average molecular weight is 245 g/mol. The van der Waals surface area contributed by atoms with Gasteiger partial charge >= 0.3 is 0 Å². The van der Waals surface area contributed by atoms with Crippen LogP contribution in [0.1, 0.15) is 5.56 Å². The van der Waals surface area contributed by atoms with Crippen molar-refractivity contribution in [3.8, 4) is 0 Å². The van der Waals surface area contributed by atoms with Crippen molar-refractivity contribution in [2.45, 2.75) is 6.92 Å². The van der Waals surface area contributed by atoms with Crippen molar-refractivity contribution in [3.05, 3.63) is 29.8 Å². The molecule has 0 aliphatic heterocycles. The van der Waals surface area contributed by atoms with Gasteiger partial charge in [-0.2, -0.15) is 0 Å². The Morgan fingerprint density at radius 2 is 1.80 bits per heavy atom. The molecule has 0 bridgehead atoms. The maximum absolute atomic E-state index is 2.25. The second-order valence-corrected chi connectivity index (χ2v) is 3.76. The molecule has 0 spiro atoms. The zero-order valence-corrected chi connectivity index (χ0v) is 8.29. The van der Waals surface area contributed by atoms with Crippen LogP contribution in [0, 0.1) is 6.92 Å². The largest absolute Gasteiger partial charge is 0.367 e. The van der Waals surface area contributed by atoms with E-state index >= 15 is 0 Å². The van der Waals surface area contributed by atoms with Crippen LogP contribution in [0.5, 0.6) is 0 Å². The van der Waals surface area contributed by atoms with Crippen LogP contribution >= 0.6 is 22.9 Å². The Labute approximate surface area is 76.3 Å². The maximum atomic E-state index is 2.25. The molecule has 10 heavy (non-hydrogen) atoms. The predicted octanol–water partition coefficient (Wildman–Crippen LogP) is 1.70. The number of rotatable bonds is 1. The van der Waals surface area contributed by atoms with Crippen molar-refractivity contribution < 1.29 is 0 Å². The van der Waals surface area contributed by atoms with Gasteiger partial charge in [-0.25, -0.2) is 0 Å². The van der Waals surface area contributed by atoms with Gasteiger partial charge in [0.2, 0.25) is 7.98 Å². The fraction of sp³-hybridized carbons (Fsp3) is 0.143. The summed E-state index contributed by atoms with van der Waals surface area (Å²) in [5.74, 6) is 0. The number of halogens is 1. The first-order valence-corrected chi connectivity index (χ1v) is 4.13. The molecule has 0 fully saturated rings. The number of benzene rings is 1. The molecule has 0 atom stereocenters. The topological polar surface area (TPSA) is 3.24 Å². The smallest absolute Gasteiger partial charge is 0.230 e. The van der Waals surface area contributed by atoms with Gasteiger partial charge in [-0.3, -0.25) is 0 Å². The summed E-state index contributed by atoms with van der Waals surface area (Å²) in [6.45, 7) is 2.09. The zero-order chi connectivity index (χ0) is 7.56. The van der Waals surface area contributed by atoms with Crippen molar-refractivity contribution in [3.63, 3.8) is 0 Å². The van der Waals surface area contributed by atoms with E-state index in [4.69, 9.17) is 0 Å². The minimum atomic E-state index is 1.24. The molecule has 0 unspecified atom stereocenters. The molecule has 1 rings (SSSR count). The molecule has 0 aromatic heterocycles. The van der Waals surface area contributed by atoms with Gasteiger partial charge in [0.25, 0.3) is 0 Å². The second kappa shape index (κ2) is 3.28. The third-order valence-electron chi connectivity index (χ3n) is 1.39. The SMILES string of the molecule is BN(I)c1ccc(C)cc1. The summed E-state index contributed by atoms with van der Waals surface area (Å²) in [4.78, 5) is 0. The Kier molecular flexibility index (Phi) is 2.60. The van der Waals surface area contributed by atoms with Gasteiger partial charge in [0.15, 0.2) is 0 Å². The van der Waals surface area contributed by atoms with Crippen LogP contribution < -0.4 is 3.02 Å². The van der Waals surface area contributed by atoms with Crippen LogP contribution in [0.3, 0.4) is 0 Å². The molecule has 0 saturated carbocycles. The lowest BCUT2D eigenvalue weighted by Crippen LogP contribution is -2.00. The van der Waals surface area contributed by atoms with Gasteiger partial charge < -0.3 is 3.02 Å². The molecule has 3 heteroatoms. The van der Waals surface area contributed by atoms with Crippen molar-refractivity contribution in [1.82, 2.24) is 0 Å². The third-order valence-corrected chi connectivity index (χ3v) is 1.95. The van der Waals surface area contributed by atoms with Crippen LogP contribution in [0.15, 0.2) is 24.3 Å². The lowest BCUT2D eigenvalue weighted by molar-refractivity contribution is 1.46. The van der Waals surface area contributed by atoms with E-state index in [2.05, 4.69) is 57.1 Å². The van der Waals surface area contributed by atoms with E-state index in [1.54, 1.807) is 0 Å². The molecule has 0 radical (unpaired) electrons. The van der Waals surface area contributed by atoms with Crippen molar-refractivity contribution in [2.75, 3.05) is 3.02 Å². The number of hydrogen-bond donors (Lipinski definition) is 0. The Hall–Kier alpha value is -0.185. The highest BCUT2D eigenvalue weighted by atomic mass is 127. The van der Waals surface area contributed by atoms with Crippen LogP contribution in [-0.2, 0) is 0 Å². The first-order chi connectivity index (χ1) is 4.70. The van der Waals surface area contributed by atoms with E-state index in [0.29, 0.717) is 0 Å². The summed E-state index contributed by atoms with van der Waals surface area (Å²) in [7, 11) is 2.03. The van der Waals surface area contributed by atoms with Gasteiger partial charge in [-0.15, -0.1) is 0 Å². The minimum absolute atomic E-state index is 1.24. The summed E-state index contributed by atoms with van der Waals surface area (Å²) in [5, 5.41) is 0. The highest BCUT2D eigenvalue weighted by Gasteiger charge is 1.92. The van der Waals surface area contributed by atoms with E-state index in [9.17, 15) is 0 Å². The van der Waals surface area contributed by atoms with Gasteiger partial charge in [-0.05, 0) is 19.1 Å². The van der Waals surface area contributed by atoms with E-state index in [0.717, 1.165) is 0 Å². The number of aryl methyl sites for hydroxylation is 1. The van der Waals surface area contributed by atoms with Crippen molar-refractivity contribution in [2.24, 2.45) is 0 Å². The fourth-order valence-electron chi connectivity index (χ4n) is 0.750. The summed E-state index contributed by atoms with van der Waals surface area (Å²) in [6.07, 6.45) is 0. The maximum Gasteiger partial charge on any atom is 0.230 e. The van der Waals surface area contributed by atoms with E-state index in [1.165, 1.54) is 11.3 Å². The monoisotopic (exact) mass is 245 g/mol. The lowest BCUT2D eigenvalue weighted by atomic mass is 10.2. The van der Waals surface area contributed by atoms with E-state index in [-0.39, 0.29) is 0 Å². The van der Waals surface area contributed by atoms with Gasteiger partial charge in [-0.1, -0.05) is 17.7 Å². The van der Waals surface area contributed by atoms with Crippen molar-refractivity contribution in [1.29, 1.82) is 0 Å². The predicted molar refractivity (Wildman–Crippen MR) is 56.2 cm³/mol. The average Bonchev–Trinajstić information content (AvgIpc) is 1.88. The molecule has 0 N–H and O–H groups in total. The summed E-state index contributed by atoms with van der Waals surface area (Å²) in [6, 6.07) is 8.46. The molecule has 1 nitrogen and oxygen atoms in total. The van der Waals surface area contributed by atoms with Crippen LogP contribution in [0.2, 0.25) is 0 Å². The summed E-state index contributed by atoms with van der Waals surface area (Å²) >= 11 is 2.25. The molecule has 1 aromatic carbocycles. The van der Waals surface area contributed by atoms with Crippen molar-refractivity contribution >= 4 is 36.5 Å². The molecule has 0 aliphatic rings. The number of nitrogens with zero attached hydrogens (tertiary/aromatic N) is 1. The van der Waals surface area contributed by atoms with Gasteiger partial charge in [0.1, 0.15) is 0 Å². The molecular formula is C7H9BIN. The summed E-state index contributed by atoms with van der Waals surface area (Å²) < 4.78 is 2.07. The normalized spacial score (nSPS) is 9.40.